The van der Waals surface area contributed by atoms with E-state index in [-0.39, 0.29) is 22.8 Å². The van der Waals surface area contributed by atoms with Gasteiger partial charge < -0.3 is 5.32 Å². The maximum Gasteiger partial charge on any atom is 0.272 e. The van der Waals surface area contributed by atoms with Crippen molar-refractivity contribution in [1.29, 1.82) is 0 Å². The number of hydrogen-bond acceptors (Lipinski definition) is 2. The highest BCUT2D eigenvalue weighted by Crippen LogP contribution is 2.62. The van der Waals surface area contributed by atoms with Crippen LogP contribution in [0.15, 0.2) is 0 Å². The van der Waals surface area contributed by atoms with E-state index in [1.54, 1.807) is 0 Å². The van der Waals surface area contributed by atoms with Crippen molar-refractivity contribution >= 4 is 5.91 Å². The number of nitrogens with zero attached hydrogens (tertiary/aromatic N) is 2. The summed E-state index contributed by atoms with van der Waals surface area (Å²) in [5.41, 5.74) is 3.87. The molecule has 3 atom stereocenters. The Balaban J connectivity index is 1.47. The first-order chi connectivity index (χ1) is 13.9. The fraction of sp³-hybridized carbons (Fsp3) is 0.840. The van der Waals surface area contributed by atoms with Gasteiger partial charge in [-0.15, -0.1) is 0 Å². The molecule has 1 amide bonds. The molecule has 0 spiro atoms. The summed E-state index contributed by atoms with van der Waals surface area (Å²) in [7, 11) is 0. The average Bonchev–Trinajstić information content (AvgIpc) is 3.40. The van der Waals surface area contributed by atoms with E-state index in [9.17, 15) is 4.79 Å². The number of hydrogen-bond donors (Lipinski definition) is 1. The molecule has 1 aromatic rings. The lowest BCUT2D eigenvalue weighted by molar-refractivity contribution is 0.0731. The van der Waals surface area contributed by atoms with Crippen molar-refractivity contribution in [1.82, 2.24) is 15.1 Å². The predicted molar refractivity (Wildman–Crippen MR) is 116 cm³/mol. The van der Waals surface area contributed by atoms with Crippen LogP contribution in [0.1, 0.15) is 119 Å². The van der Waals surface area contributed by atoms with Gasteiger partial charge in [0.1, 0.15) is 0 Å². The molecule has 4 aliphatic carbocycles. The molecular weight excluding hydrogens is 358 g/mol. The first kappa shape index (κ1) is 19.6. The van der Waals surface area contributed by atoms with Crippen LogP contribution in [-0.2, 0) is 12.8 Å². The van der Waals surface area contributed by atoms with E-state index < -0.39 is 0 Å². The third-order valence-electron chi connectivity index (χ3n) is 9.14. The number of carbonyl (C=O) groups is 1. The Hall–Kier alpha value is -1.32. The lowest BCUT2D eigenvalue weighted by Crippen LogP contribution is -2.52. The van der Waals surface area contributed by atoms with Gasteiger partial charge in [0.15, 0.2) is 5.69 Å². The molecule has 0 radical (unpaired) electrons. The molecule has 1 N–H and O–H groups in total. The Labute approximate surface area is 176 Å². The number of carbonyl (C=O) groups excluding carboxylic acids is 1. The van der Waals surface area contributed by atoms with Gasteiger partial charge in [0, 0.05) is 17.3 Å². The maximum atomic E-state index is 13.6. The first-order valence-electron chi connectivity index (χ1n) is 12.3. The zero-order valence-electron chi connectivity index (χ0n) is 18.7. The third kappa shape index (κ3) is 3.16. The van der Waals surface area contributed by atoms with Gasteiger partial charge in [-0.1, -0.05) is 46.5 Å². The van der Waals surface area contributed by atoms with Gasteiger partial charge in [-0.25, -0.2) is 0 Å². The summed E-state index contributed by atoms with van der Waals surface area (Å²) in [6.45, 7) is 7.14. The quantitative estimate of drug-likeness (QED) is 0.721. The van der Waals surface area contributed by atoms with Crippen molar-refractivity contribution in [2.45, 2.75) is 116 Å². The van der Waals surface area contributed by atoms with E-state index in [2.05, 4.69) is 30.8 Å². The Bertz CT molecular complexity index is 783. The molecule has 4 nitrogen and oxygen atoms in total. The Morgan fingerprint density at radius 3 is 2.41 bits per heavy atom. The Morgan fingerprint density at radius 2 is 1.72 bits per heavy atom. The predicted octanol–water partition coefficient (Wildman–Crippen LogP) is 5.60. The monoisotopic (exact) mass is 397 g/mol. The molecule has 2 bridgehead atoms. The SMILES string of the molecule is CC12CCC(C1)C(C)(C)C2NC(=O)c1nn(C2CCCC2)c2c1CCCCCC2. The van der Waals surface area contributed by atoms with E-state index in [1.807, 2.05) is 0 Å². The van der Waals surface area contributed by atoms with Crippen LogP contribution >= 0.6 is 0 Å². The van der Waals surface area contributed by atoms with Crippen molar-refractivity contribution < 1.29 is 4.79 Å². The second-order valence-electron chi connectivity index (χ2n) is 11.4. The number of nitrogens with one attached hydrogen (secondary N) is 1. The van der Waals surface area contributed by atoms with Crippen molar-refractivity contribution in [3.63, 3.8) is 0 Å². The summed E-state index contributed by atoms with van der Waals surface area (Å²) in [4.78, 5) is 13.6. The van der Waals surface area contributed by atoms with Crippen LogP contribution in [0.25, 0.3) is 0 Å². The average molecular weight is 398 g/mol. The van der Waals surface area contributed by atoms with Crippen LogP contribution in [-0.4, -0.2) is 21.7 Å². The Kier molecular flexibility index (Phi) is 4.83. The molecule has 1 heterocycles. The van der Waals surface area contributed by atoms with Crippen molar-refractivity contribution in [2.24, 2.45) is 16.7 Å². The van der Waals surface area contributed by atoms with Crippen molar-refractivity contribution in [3.05, 3.63) is 17.0 Å². The summed E-state index contributed by atoms with van der Waals surface area (Å²) in [6, 6.07) is 0.781. The molecule has 3 fully saturated rings. The van der Waals surface area contributed by atoms with Crippen molar-refractivity contribution in [2.75, 3.05) is 0 Å². The topological polar surface area (TPSA) is 46.9 Å². The molecule has 160 valence electrons. The van der Waals surface area contributed by atoms with Crippen LogP contribution in [0, 0.1) is 16.7 Å². The molecule has 29 heavy (non-hydrogen) atoms. The molecule has 0 aromatic carbocycles. The van der Waals surface area contributed by atoms with Gasteiger partial charge >= 0.3 is 0 Å². The molecule has 4 aliphatic rings. The highest BCUT2D eigenvalue weighted by Gasteiger charge is 2.59. The maximum absolute atomic E-state index is 13.6. The van der Waals surface area contributed by atoms with E-state index >= 15 is 0 Å². The molecule has 3 saturated carbocycles. The van der Waals surface area contributed by atoms with E-state index in [1.165, 1.54) is 81.9 Å². The van der Waals surface area contributed by atoms with E-state index in [0.29, 0.717) is 6.04 Å². The minimum Gasteiger partial charge on any atom is -0.347 e. The third-order valence-corrected chi connectivity index (χ3v) is 9.14. The molecule has 4 heteroatoms. The number of rotatable bonds is 3. The van der Waals surface area contributed by atoms with Crippen LogP contribution in [0.5, 0.6) is 0 Å². The fourth-order valence-electron chi connectivity index (χ4n) is 7.47. The smallest absolute Gasteiger partial charge is 0.272 e. The minimum atomic E-state index is 0.102. The highest BCUT2D eigenvalue weighted by molar-refractivity contribution is 5.94. The van der Waals surface area contributed by atoms with Gasteiger partial charge in [0.2, 0.25) is 0 Å². The summed E-state index contributed by atoms with van der Waals surface area (Å²) >= 11 is 0. The number of aromatic nitrogens is 2. The fourth-order valence-corrected chi connectivity index (χ4v) is 7.47. The molecule has 1 aromatic heterocycles. The first-order valence-corrected chi connectivity index (χ1v) is 12.3. The number of amides is 1. The summed E-state index contributed by atoms with van der Waals surface area (Å²) < 4.78 is 2.30. The van der Waals surface area contributed by atoms with Crippen LogP contribution in [0.3, 0.4) is 0 Å². The van der Waals surface area contributed by atoms with Gasteiger partial charge in [-0.3, -0.25) is 9.48 Å². The lowest BCUT2D eigenvalue weighted by Gasteiger charge is -2.43. The Morgan fingerprint density at radius 1 is 1.00 bits per heavy atom. The van der Waals surface area contributed by atoms with Crippen LogP contribution in [0.4, 0.5) is 0 Å². The molecule has 5 rings (SSSR count). The van der Waals surface area contributed by atoms with E-state index in [4.69, 9.17) is 5.10 Å². The lowest BCUT2D eigenvalue weighted by atomic mass is 9.68. The van der Waals surface area contributed by atoms with Crippen molar-refractivity contribution in [3.8, 4) is 0 Å². The summed E-state index contributed by atoms with van der Waals surface area (Å²) in [5.74, 6) is 0.847. The second kappa shape index (κ2) is 7.13. The van der Waals surface area contributed by atoms with E-state index in [0.717, 1.165) is 24.5 Å². The van der Waals surface area contributed by atoms with Gasteiger partial charge in [0.05, 0.1) is 6.04 Å². The summed E-state index contributed by atoms with van der Waals surface area (Å²) in [6.07, 6.45) is 16.0. The number of fused-ring (bicyclic) bond motifs is 3. The van der Waals surface area contributed by atoms with Gasteiger partial charge in [-0.2, -0.15) is 5.10 Å². The van der Waals surface area contributed by atoms with Gasteiger partial charge in [0.25, 0.3) is 5.91 Å². The van der Waals surface area contributed by atoms with Gasteiger partial charge in [-0.05, 0) is 74.5 Å². The molecule has 0 aliphatic heterocycles. The second-order valence-corrected chi connectivity index (χ2v) is 11.4. The normalized spacial score (nSPS) is 34.0. The molecular formula is C25H39N3O. The van der Waals surface area contributed by atoms with Crippen LogP contribution in [0.2, 0.25) is 0 Å². The molecule has 0 saturated heterocycles. The zero-order chi connectivity index (χ0) is 20.2. The zero-order valence-corrected chi connectivity index (χ0v) is 18.7. The minimum absolute atomic E-state index is 0.102. The largest absolute Gasteiger partial charge is 0.347 e. The standard InChI is InChI=1S/C25H39N3O/c1-24(2)17-14-15-25(3,16-17)23(24)26-22(29)21-19-12-6-4-5-7-13-20(19)28(27-21)18-10-8-9-11-18/h17-18,23H,4-16H2,1-3H3,(H,26,29). The van der Waals surface area contributed by atoms with Crippen LogP contribution < -0.4 is 5.32 Å². The highest BCUT2D eigenvalue weighted by atomic mass is 16.2. The molecule has 3 unspecified atom stereocenters. The summed E-state index contributed by atoms with van der Waals surface area (Å²) in [5, 5.41) is 8.57.